The average Bonchev–Trinajstić information content (AvgIpc) is 3.41. The molecule has 1 saturated heterocycles. The average molecular weight is 345 g/mol. The van der Waals surface area contributed by atoms with Crippen molar-refractivity contribution in [3.05, 3.63) is 29.8 Å². The third-order valence-electron chi connectivity index (χ3n) is 4.96. The molecular formula is C18H23N3O4. The Hall–Kier alpha value is -2.57. The van der Waals surface area contributed by atoms with Crippen LogP contribution < -0.4 is 15.4 Å². The lowest BCUT2D eigenvalue weighted by molar-refractivity contribution is -0.135. The minimum atomic E-state index is -1.19. The van der Waals surface area contributed by atoms with Crippen LogP contribution in [0.5, 0.6) is 5.75 Å². The van der Waals surface area contributed by atoms with Gasteiger partial charge in [0.2, 0.25) is 5.91 Å². The van der Waals surface area contributed by atoms with E-state index in [0.29, 0.717) is 17.2 Å². The van der Waals surface area contributed by atoms with E-state index in [4.69, 9.17) is 4.74 Å². The predicted octanol–water partition coefficient (Wildman–Crippen LogP) is 1.38. The summed E-state index contributed by atoms with van der Waals surface area (Å²) in [6.07, 6.45) is 2.22. The van der Waals surface area contributed by atoms with E-state index >= 15 is 0 Å². The molecule has 0 unspecified atom stereocenters. The molecule has 2 aliphatic rings. The zero-order valence-corrected chi connectivity index (χ0v) is 14.7. The summed E-state index contributed by atoms with van der Waals surface area (Å²) in [7, 11) is 1.56. The maximum absolute atomic E-state index is 12.8. The first-order valence-electron chi connectivity index (χ1n) is 8.43. The molecule has 1 saturated carbocycles. The number of urea groups is 1. The molecule has 4 amide bonds. The van der Waals surface area contributed by atoms with Gasteiger partial charge in [0.05, 0.1) is 7.11 Å². The number of nitrogens with zero attached hydrogens (tertiary/aromatic N) is 1. The Balaban J connectivity index is 1.70. The Morgan fingerprint density at radius 1 is 1.36 bits per heavy atom. The molecule has 1 aliphatic heterocycles. The topological polar surface area (TPSA) is 87.7 Å². The Morgan fingerprint density at radius 2 is 2.00 bits per heavy atom. The van der Waals surface area contributed by atoms with Gasteiger partial charge in [-0.1, -0.05) is 12.1 Å². The highest BCUT2D eigenvalue weighted by Crippen LogP contribution is 2.32. The lowest BCUT2D eigenvalue weighted by Crippen LogP contribution is -2.45. The third-order valence-corrected chi connectivity index (χ3v) is 4.96. The van der Waals surface area contributed by atoms with Gasteiger partial charge in [-0.25, -0.2) is 4.79 Å². The number of benzene rings is 1. The number of methoxy groups -OCH3 is 1. The van der Waals surface area contributed by atoms with Crippen LogP contribution in [-0.4, -0.2) is 42.4 Å². The molecule has 7 nitrogen and oxygen atoms in total. The Labute approximate surface area is 146 Å². The number of amides is 4. The standard InChI is InChI=1S/C18H23N3O4/c1-11(12-4-5-12)19-15(22)10-21-16(23)18(2,20-17(21)24)13-6-8-14(25-3)9-7-13/h6-9,11-12H,4-5,10H2,1-3H3,(H,19,22)(H,20,24)/t11-,18-/m1/s1. The summed E-state index contributed by atoms with van der Waals surface area (Å²) in [6, 6.07) is 6.43. The second-order valence-corrected chi connectivity index (χ2v) is 6.87. The molecule has 2 N–H and O–H groups in total. The zero-order valence-electron chi connectivity index (χ0n) is 14.7. The molecule has 0 spiro atoms. The summed E-state index contributed by atoms with van der Waals surface area (Å²) < 4.78 is 5.11. The second-order valence-electron chi connectivity index (χ2n) is 6.87. The number of ether oxygens (including phenoxy) is 1. The molecule has 7 heteroatoms. The Bertz CT molecular complexity index is 699. The number of nitrogens with one attached hydrogen (secondary N) is 2. The molecule has 1 aromatic carbocycles. The van der Waals surface area contributed by atoms with Gasteiger partial charge in [0.15, 0.2) is 0 Å². The van der Waals surface area contributed by atoms with Crippen molar-refractivity contribution >= 4 is 17.8 Å². The largest absolute Gasteiger partial charge is 0.497 e. The Morgan fingerprint density at radius 3 is 2.56 bits per heavy atom. The van der Waals surface area contributed by atoms with Crippen LogP contribution in [-0.2, 0) is 15.1 Å². The summed E-state index contributed by atoms with van der Waals surface area (Å²) in [5.41, 5.74) is -0.549. The van der Waals surface area contributed by atoms with Crippen LogP contribution in [0.25, 0.3) is 0 Å². The molecule has 1 aromatic rings. The molecule has 1 heterocycles. The van der Waals surface area contributed by atoms with Gasteiger partial charge >= 0.3 is 6.03 Å². The third kappa shape index (κ3) is 3.31. The van der Waals surface area contributed by atoms with E-state index in [1.54, 1.807) is 38.3 Å². The highest BCUT2D eigenvalue weighted by atomic mass is 16.5. The maximum atomic E-state index is 12.8. The van der Waals surface area contributed by atoms with Crippen molar-refractivity contribution in [1.29, 1.82) is 0 Å². The maximum Gasteiger partial charge on any atom is 0.325 e. The van der Waals surface area contributed by atoms with E-state index < -0.39 is 17.5 Å². The fourth-order valence-electron chi connectivity index (χ4n) is 3.12. The van der Waals surface area contributed by atoms with Crippen molar-refractivity contribution in [3.8, 4) is 5.75 Å². The van der Waals surface area contributed by atoms with E-state index in [1.807, 2.05) is 6.92 Å². The molecule has 0 radical (unpaired) electrons. The van der Waals surface area contributed by atoms with Gasteiger partial charge in [0.25, 0.3) is 5.91 Å². The number of imide groups is 1. The van der Waals surface area contributed by atoms with Gasteiger partial charge in [-0.3, -0.25) is 14.5 Å². The van der Waals surface area contributed by atoms with E-state index in [2.05, 4.69) is 10.6 Å². The lowest BCUT2D eigenvalue weighted by atomic mass is 9.92. The number of carbonyl (C=O) groups is 3. The smallest absolute Gasteiger partial charge is 0.325 e. The van der Waals surface area contributed by atoms with Gasteiger partial charge in [-0.2, -0.15) is 0 Å². The number of rotatable bonds is 6. The molecule has 134 valence electrons. The van der Waals surface area contributed by atoms with Crippen LogP contribution in [0, 0.1) is 5.92 Å². The van der Waals surface area contributed by atoms with Crippen molar-refractivity contribution in [1.82, 2.24) is 15.5 Å². The second kappa shape index (κ2) is 6.38. The quantitative estimate of drug-likeness (QED) is 0.763. The molecule has 2 fully saturated rings. The normalized spacial score (nSPS) is 24.0. The molecule has 25 heavy (non-hydrogen) atoms. The van der Waals surface area contributed by atoms with Gasteiger partial charge in [-0.15, -0.1) is 0 Å². The van der Waals surface area contributed by atoms with E-state index in [1.165, 1.54) is 0 Å². The van der Waals surface area contributed by atoms with Gasteiger partial charge in [0, 0.05) is 6.04 Å². The first-order valence-corrected chi connectivity index (χ1v) is 8.43. The van der Waals surface area contributed by atoms with Crippen LogP contribution in [0.15, 0.2) is 24.3 Å². The summed E-state index contributed by atoms with van der Waals surface area (Å²) in [6.45, 7) is 3.32. The lowest BCUT2D eigenvalue weighted by Gasteiger charge is -2.22. The molecular weight excluding hydrogens is 322 g/mol. The zero-order chi connectivity index (χ0) is 18.2. The molecule has 0 bridgehead atoms. The predicted molar refractivity (Wildman–Crippen MR) is 90.9 cm³/mol. The minimum absolute atomic E-state index is 0.0706. The summed E-state index contributed by atoms with van der Waals surface area (Å²) >= 11 is 0. The molecule has 1 aliphatic carbocycles. The van der Waals surface area contributed by atoms with E-state index in [-0.39, 0.29) is 18.5 Å². The monoisotopic (exact) mass is 345 g/mol. The van der Waals surface area contributed by atoms with Crippen LogP contribution in [0.2, 0.25) is 0 Å². The van der Waals surface area contributed by atoms with Crippen molar-refractivity contribution in [2.45, 2.75) is 38.3 Å². The van der Waals surface area contributed by atoms with E-state index in [9.17, 15) is 14.4 Å². The van der Waals surface area contributed by atoms with Crippen LogP contribution in [0.4, 0.5) is 4.79 Å². The van der Waals surface area contributed by atoms with Crippen molar-refractivity contribution in [3.63, 3.8) is 0 Å². The first-order chi connectivity index (χ1) is 11.8. The summed E-state index contributed by atoms with van der Waals surface area (Å²) in [5.74, 6) is 0.421. The van der Waals surface area contributed by atoms with Crippen molar-refractivity contribution in [2.75, 3.05) is 13.7 Å². The van der Waals surface area contributed by atoms with Crippen molar-refractivity contribution < 1.29 is 19.1 Å². The van der Waals surface area contributed by atoms with Gasteiger partial charge in [-0.05, 0) is 50.3 Å². The molecule has 0 aromatic heterocycles. The van der Waals surface area contributed by atoms with Crippen LogP contribution in [0.1, 0.15) is 32.3 Å². The molecule has 2 atom stereocenters. The van der Waals surface area contributed by atoms with E-state index in [0.717, 1.165) is 17.7 Å². The highest BCUT2D eigenvalue weighted by Gasteiger charge is 2.49. The van der Waals surface area contributed by atoms with Crippen LogP contribution >= 0.6 is 0 Å². The van der Waals surface area contributed by atoms with Crippen LogP contribution in [0.3, 0.4) is 0 Å². The van der Waals surface area contributed by atoms with Crippen molar-refractivity contribution in [2.24, 2.45) is 5.92 Å². The number of hydrogen-bond donors (Lipinski definition) is 2. The number of carbonyl (C=O) groups excluding carboxylic acids is 3. The Kier molecular flexibility index (Phi) is 4.41. The summed E-state index contributed by atoms with van der Waals surface area (Å²) in [5, 5.41) is 5.56. The number of hydrogen-bond acceptors (Lipinski definition) is 4. The van der Waals surface area contributed by atoms with Gasteiger partial charge < -0.3 is 15.4 Å². The summed E-state index contributed by atoms with van der Waals surface area (Å²) in [4.78, 5) is 38.2. The minimum Gasteiger partial charge on any atom is -0.497 e. The highest BCUT2D eigenvalue weighted by molar-refractivity contribution is 6.09. The fourth-order valence-corrected chi connectivity index (χ4v) is 3.12. The SMILES string of the molecule is COc1ccc([C@@]2(C)NC(=O)N(CC(=O)N[C@H](C)C3CC3)C2=O)cc1. The van der Waals surface area contributed by atoms with Gasteiger partial charge in [0.1, 0.15) is 17.8 Å². The fraction of sp³-hybridized carbons (Fsp3) is 0.500. The molecule has 3 rings (SSSR count). The first kappa shape index (κ1) is 17.3.